The summed E-state index contributed by atoms with van der Waals surface area (Å²) in [6, 6.07) is 5.18. The molecule has 2 atom stereocenters. The lowest BCUT2D eigenvalue weighted by Gasteiger charge is -2.39. The van der Waals surface area contributed by atoms with E-state index in [1.807, 2.05) is 12.1 Å². The Balaban J connectivity index is 2.38. The van der Waals surface area contributed by atoms with Gasteiger partial charge in [-0.15, -0.1) is 0 Å². The third kappa shape index (κ3) is 2.72. The molecule has 1 aromatic carbocycles. The van der Waals surface area contributed by atoms with Gasteiger partial charge in [0.15, 0.2) is 11.5 Å². The molecule has 2 rings (SSSR count). The Hall–Kier alpha value is -1.75. The molecule has 110 valence electrons. The fraction of sp³-hybridized carbons (Fsp3) is 0.533. The second-order valence-electron chi connectivity index (χ2n) is 4.98. The van der Waals surface area contributed by atoms with Crippen molar-refractivity contribution in [1.82, 2.24) is 4.90 Å². The molecule has 0 aliphatic carbocycles. The van der Waals surface area contributed by atoms with Crippen LogP contribution >= 0.6 is 0 Å². The van der Waals surface area contributed by atoms with Crippen molar-refractivity contribution in [2.75, 3.05) is 20.8 Å². The van der Waals surface area contributed by atoms with Crippen molar-refractivity contribution in [3.63, 3.8) is 0 Å². The predicted molar refractivity (Wildman–Crippen MR) is 74.9 cm³/mol. The molecule has 1 saturated heterocycles. The van der Waals surface area contributed by atoms with Crippen molar-refractivity contribution in [1.29, 1.82) is 0 Å². The van der Waals surface area contributed by atoms with Crippen LogP contribution in [0.4, 0.5) is 0 Å². The summed E-state index contributed by atoms with van der Waals surface area (Å²) in [5.41, 5.74) is 0.866. The lowest BCUT2D eigenvalue weighted by atomic mass is 9.92. The summed E-state index contributed by atoms with van der Waals surface area (Å²) in [6.07, 6.45) is 0.971. The molecule has 1 aliphatic rings. The van der Waals surface area contributed by atoms with Gasteiger partial charge in [0.2, 0.25) is 5.91 Å². The predicted octanol–water partition coefficient (Wildman–Crippen LogP) is 1.75. The number of likely N-dealkylation sites (tertiary alicyclic amines) is 1. The lowest BCUT2D eigenvalue weighted by molar-refractivity contribution is -0.136. The summed E-state index contributed by atoms with van der Waals surface area (Å²) in [7, 11) is 3.15. The quantitative estimate of drug-likeness (QED) is 0.915. The molecule has 0 spiro atoms. The van der Waals surface area contributed by atoms with Gasteiger partial charge in [0.25, 0.3) is 0 Å². The van der Waals surface area contributed by atoms with Crippen LogP contribution in [0.15, 0.2) is 18.2 Å². The fourth-order valence-corrected chi connectivity index (χ4v) is 2.77. The molecule has 1 aliphatic heterocycles. The zero-order valence-corrected chi connectivity index (χ0v) is 12.1. The number of hydrogen-bond donors (Lipinski definition) is 1. The molecule has 5 nitrogen and oxygen atoms in total. The van der Waals surface area contributed by atoms with Crippen LogP contribution in [0.1, 0.15) is 31.4 Å². The standard InChI is InChI=1S/C15H21NO4/c1-10(17)16-8-4-5-12(18)15(16)11-6-7-13(19-2)14(9-11)20-3/h6-7,9,12,15,18H,4-5,8H2,1-3H3/t12-,15-/m0/s1. The summed E-state index contributed by atoms with van der Waals surface area (Å²) < 4.78 is 10.5. The zero-order chi connectivity index (χ0) is 14.7. The molecule has 0 radical (unpaired) electrons. The Morgan fingerprint density at radius 3 is 2.60 bits per heavy atom. The van der Waals surface area contributed by atoms with Gasteiger partial charge >= 0.3 is 0 Å². The van der Waals surface area contributed by atoms with Gasteiger partial charge in [-0.1, -0.05) is 6.07 Å². The first-order valence-corrected chi connectivity index (χ1v) is 6.75. The van der Waals surface area contributed by atoms with E-state index < -0.39 is 6.10 Å². The number of nitrogens with zero attached hydrogens (tertiary/aromatic N) is 1. The fourth-order valence-electron chi connectivity index (χ4n) is 2.77. The van der Waals surface area contributed by atoms with Crippen LogP contribution in [0.2, 0.25) is 0 Å². The van der Waals surface area contributed by atoms with Gasteiger partial charge in [-0.25, -0.2) is 0 Å². The van der Waals surface area contributed by atoms with E-state index in [1.54, 1.807) is 25.2 Å². The Labute approximate surface area is 119 Å². The number of rotatable bonds is 3. The Bertz CT molecular complexity index is 489. The van der Waals surface area contributed by atoms with Gasteiger partial charge in [0.05, 0.1) is 26.4 Å². The number of benzene rings is 1. The van der Waals surface area contributed by atoms with Crippen molar-refractivity contribution < 1.29 is 19.4 Å². The normalized spacial score (nSPS) is 22.5. The highest BCUT2D eigenvalue weighted by molar-refractivity contribution is 5.74. The minimum atomic E-state index is -0.550. The van der Waals surface area contributed by atoms with E-state index in [1.165, 1.54) is 6.92 Å². The topological polar surface area (TPSA) is 59.0 Å². The van der Waals surface area contributed by atoms with E-state index in [2.05, 4.69) is 0 Å². The first-order valence-electron chi connectivity index (χ1n) is 6.75. The average molecular weight is 279 g/mol. The van der Waals surface area contributed by atoms with E-state index >= 15 is 0 Å². The SMILES string of the molecule is COc1ccc([C@H]2[C@@H](O)CCCN2C(C)=O)cc1OC. The number of ether oxygens (including phenoxy) is 2. The van der Waals surface area contributed by atoms with Crippen LogP contribution < -0.4 is 9.47 Å². The van der Waals surface area contributed by atoms with Crippen LogP contribution in [0.3, 0.4) is 0 Å². The van der Waals surface area contributed by atoms with Crippen LogP contribution in [0.5, 0.6) is 11.5 Å². The molecule has 0 unspecified atom stereocenters. The molecule has 20 heavy (non-hydrogen) atoms. The monoisotopic (exact) mass is 279 g/mol. The summed E-state index contributed by atoms with van der Waals surface area (Å²) in [4.78, 5) is 13.5. The summed E-state index contributed by atoms with van der Waals surface area (Å²) in [5, 5.41) is 10.3. The van der Waals surface area contributed by atoms with Crippen LogP contribution in [-0.4, -0.2) is 42.8 Å². The van der Waals surface area contributed by atoms with Crippen molar-refractivity contribution >= 4 is 5.91 Å². The highest BCUT2D eigenvalue weighted by Crippen LogP contribution is 2.36. The van der Waals surface area contributed by atoms with Crippen molar-refractivity contribution in [3.8, 4) is 11.5 Å². The highest BCUT2D eigenvalue weighted by Gasteiger charge is 2.33. The van der Waals surface area contributed by atoms with E-state index in [-0.39, 0.29) is 11.9 Å². The number of aliphatic hydroxyl groups is 1. The number of hydrogen-bond acceptors (Lipinski definition) is 4. The number of aliphatic hydroxyl groups excluding tert-OH is 1. The number of piperidine rings is 1. The van der Waals surface area contributed by atoms with Crippen molar-refractivity contribution in [3.05, 3.63) is 23.8 Å². The maximum Gasteiger partial charge on any atom is 0.220 e. The highest BCUT2D eigenvalue weighted by atomic mass is 16.5. The Morgan fingerprint density at radius 1 is 1.30 bits per heavy atom. The molecule has 1 aromatic rings. The molecular formula is C15H21NO4. The first kappa shape index (κ1) is 14.7. The third-order valence-corrected chi connectivity index (χ3v) is 3.75. The third-order valence-electron chi connectivity index (χ3n) is 3.75. The average Bonchev–Trinajstić information content (AvgIpc) is 2.46. The van der Waals surface area contributed by atoms with E-state index in [4.69, 9.17) is 9.47 Å². The summed E-state index contributed by atoms with van der Waals surface area (Å²) in [5.74, 6) is 1.21. The largest absolute Gasteiger partial charge is 0.493 e. The molecule has 0 saturated carbocycles. The number of carbonyl (C=O) groups is 1. The van der Waals surface area contributed by atoms with Gasteiger partial charge in [-0.05, 0) is 30.5 Å². The maximum absolute atomic E-state index is 11.8. The van der Waals surface area contributed by atoms with E-state index in [0.29, 0.717) is 24.5 Å². The van der Waals surface area contributed by atoms with Crippen molar-refractivity contribution in [2.45, 2.75) is 31.9 Å². The van der Waals surface area contributed by atoms with Gasteiger partial charge < -0.3 is 19.5 Å². The molecule has 0 aromatic heterocycles. The van der Waals surface area contributed by atoms with E-state index in [9.17, 15) is 9.90 Å². The molecule has 0 bridgehead atoms. The van der Waals surface area contributed by atoms with Gasteiger partial charge in [0.1, 0.15) is 0 Å². The molecular weight excluding hydrogens is 258 g/mol. The minimum Gasteiger partial charge on any atom is -0.493 e. The number of amides is 1. The van der Waals surface area contributed by atoms with Crippen LogP contribution in [0, 0.1) is 0 Å². The van der Waals surface area contributed by atoms with Gasteiger partial charge in [0, 0.05) is 13.5 Å². The van der Waals surface area contributed by atoms with E-state index in [0.717, 1.165) is 12.0 Å². The minimum absolute atomic E-state index is 0.0245. The second-order valence-corrected chi connectivity index (χ2v) is 4.98. The molecule has 1 heterocycles. The van der Waals surface area contributed by atoms with Gasteiger partial charge in [-0.2, -0.15) is 0 Å². The molecule has 1 N–H and O–H groups in total. The summed E-state index contributed by atoms with van der Waals surface area (Å²) in [6.45, 7) is 2.21. The first-order chi connectivity index (χ1) is 9.58. The molecule has 1 amide bonds. The van der Waals surface area contributed by atoms with Gasteiger partial charge in [-0.3, -0.25) is 4.79 Å². The molecule has 1 fully saturated rings. The smallest absolute Gasteiger partial charge is 0.220 e. The Morgan fingerprint density at radius 2 is 2.00 bits per heavy atom. The molecule has 5 heteroatoms. The Kier molecular flexibility index (Phi) is 4.49. The van der Waals surface area contributed by atoms with Crippen molar-refractivity contribution in [2.24, 2.45) is 0 Å². The number of methoxy groups -OCH3 is 2. The summed E-state index contributed by atoms with van der Waals surface area (Å²) >= 11 is 0. The lowest BCUT2D eigenvalue weighted by Crippen LogP contribution is -2.44. The number of carbonyl (C=O) groups excluding carboxylic acids is 1. The second kappa shape index (κ2) is 6.13. The maximum atomic E-state index is 11.8. The van der Waals surface area contributed by atoms with Crippen LogP contribution in [0.25, 0.3) is 0 Å². The zero-order valence-electron chi connectivity index (χ0n) is 12.1. The van der Waals surface area contributed by atoms with Crippen LogP contribution in [-0.2, 0) is 4.79 Å².